The number of isocyanates is 1. The first-order valence-electron chi connectivity index (χ1n) is 5.38. The predicted molar refractivity (Wildman–Crippen MR) is 59.8 cm³/mol. The number of thiazole rings is 1. The average molecular weight is 222 g/mol. The van der Waals surface area contributed by atoms with Crippen LogP contribution in [0.25, 0.3) is 0 Å². The van der Waals surface area contributed by atoms with E-state index in [-0.39, 0.29) is 0 Å². The van der Waals surface area contributed by atoms with Crippen LogP contribution in [0, 0.1) is 0 Å². The molecule has 1 heterocycles. The molecular weight excluding hydrogens is 208 g/mol. The molecule has 0 bridgehead atoms. The number of hydrogen-bond donors (Lipinski definition) is 0. The lowest BCUT2D eigenvalue weighted by Gasteiger charge is -2.18. The van der Waals surface area contributed by atoms with E-state index in [1.807, 2.05) is 5.38 Å². The van der Waals surface area contributed by atoms with Gasteiger partial charge in [0.1, 0.15) is 0 Å². The number of rotatable bonds is 3. The first-order chi connectivity index (χ1) is 7.40. The second-order valence-corrected chi connectivity index (χ2v) is 4.81. The van der Waals surface area contributed by atoms with Crippen molar-refractivity contribution in [2.75, 3.05) is 0 Å². The van der Waals surface area contributed by atoms with E-state index in [4.69, 9.17) is 0 Å². The van der Waals surface area contributed by atoms with Gasteiger partial charge in [-0.05, 0) is 12.8 Å². The first kappa shape index (κ1) is 10.5. The molecular formula is C11H14N2OS. The molecule has 1 fully saturated rings. The van der Waals surface area contributed by atoms with Gasteiger partial charge in [-0.1, -0.05) is 19.3 Å². The van der Waals surface area contributed by atoms with Crippen molar-refractivity contribution in [1.82, 2.24) is 4.98 Å². The molecule has 15 heavy (non-hydrogen) atoms. The van der Waals surface area contributed by atoms with Crippen LogP contribution < -0.4 is 0 Å². The number of hydrogen-bond acceptors (Lipinski definition) is 4. The molecule has 1 saturated carbocycles. The molecule has 0 radical (unpaired) electrons. The third-order valence-corrected chi connectivity index (χ3v) is 3.89. The number of aromatic nitrogens is 1. The fourth-order valence-electron chi connectivity index (χ4n) is 2.05. The molecule has 3 nitrogen and oxygen atoms in total. The van der Waals surface area contributed by atoms with Crippen molar-refractivity contribution < 1.29 is 4.79 Å². The molecule has 0 spiro atoms. The zero-order valence-corrected chi connectivity index (χ0v) is 9.42. The van der Waals surface area contributed by atoms with Gasteiger partial charge >= 0.3 is 0 Å². The van der Waals surface area contributed by atoms with E-state index >= 15 is 0 Å². The molecule has 4 heteroatoms. The number of carbonyl (C=O) groups excluding carboxylic acids is 1. The van der Waals surface area contributed by atoms with Crippen LogP contribution in [0.2, 0.25) is 0 Å². The Morgan fingerprint density at radius 2 is 2.27 bits per heavy atom. The minimum Gasteiger partial charge on any atom is -0.244 e. The van der Waals surface area contributed by atoms with E-state index < -0.39 is 0 Å². The van der Waals surface area contributed by atoms with Crippen LogP contribution in [0.3, 0.4) is 0 Å². The van der Waals surface area contributed by atoms with Crippen LogP contribution in [-0.4, -0.2) is 11.1 Å². The molecule has 0 atom stereocenters. The van der Waals surface area contributed by atoms with E-state index in [9.17, 15) is 4.79 Å². The zero-order valence-electron chi connectivity index (χ0n) is 8.61. The quantitative estimate of drug-likeness (QED) is 0.582. The normalized spacial score (nSPS) is 17.3. The minimum atomic E-state index is 0.382. The summed E-state index contributed by atoms with van der Waals surface area (Å²) in [6.07, 6.45) is 8.10. The molecule has 0 aromatic carbocycles. The Hall–Kier alpha value is -0.990. The van der Waals surface area contributed by atoms with Crippen molar-refractivity contribution in [3.8, 4) is 0 Å². The summed E-state index contributed by atoms with van der Waals surface area (Å²) in [5.74, 6) is 0.651. The third-order valence-electron chi connectivity index (χ3n) is 2.83. The molecule has 1 aliphatic carbocycles. The first-order valence-corrected chi connectivity index (χ1v) is 6.26. The topological polar surface area (TPSA) is 42.3 Å². The second kappa shape index (κ2) is 5.19. The minimum absolute atomic E-state index is 0.382. The summed E-state index contributed by atoms with van der Waals surface area (Å²) >= 11 is 1.71. The molecule has 0 saturated heterocycles. The lowest BCUT2D eigenvalue weighted by Crippen LogP contribution is -2.04. The van der Waals surface area contributed by atoms with Crippen molar-refractivity contribution in [3.05, 3.63) is 16.1 Å². The summed E-state index contributed by atoms with van der Waals surface area (Å²) in [7, 11) is 0. The van der Waals surface area contributed by atoms with Gasteiger partial charge in [0.15, 0.2) is 0 Å². The Morgan fingerprint density at radius 1 is 1.47 bits per heavy atom. The maximum atomic E-state index is 9.97. The number of aliphatic imine (C=N–C) groups is 1. The largest absolute Gasteiger partial charge is 0.244 e. The fraction of sp³-hybridized carbons (Fsp3) is 0.636. The highest BCUT2D eigenvalue weighted by atomic mass is 32.1. The lowest BCUT2D eigenvalue weighted by atomic mass is 9.90. The summed E-state index contributed by atoms with van der Waals surface area (Å²) in [5, 5.41) is 3.23. The maximum absolute atomic E-state index is 9.97. The van der Waals surface area contributed by atoms with E-state index in [1.54, 1.807) is 17.4 Å². The molecule has 0 aliphatic heterocycles. The van der Waals surface area contributed by atoms with Gasteiger partial charge in [0, 0.05) is 11.3 Å². The molecule has 0 unspecified atom stereocenters. The van der Waals surface area contributed by atoms with Gasteiger partial charge in [-0.3, -0.25) is 0 Å². The number of nitrogens with zero attached hydrogens (tertiary/aromatic N) is 2. The summed E-state index contributed by atoms with van der Waals surface area (Å²) in [4.78, 5) is 18.0. The van der Waals surface area contributed by atoms with Crippen molar-refractivity contribution in [2.45, 2.75) is 44.6 Å². The highest BCUT2D eigenvalue weighted by Crippen LogP contribution is 2.34. The van der Waals surface area contributed by atoms with Crippen LogP contribution in [0.5, 0.6) is 0 Å². The Morgan fingerprint density at radius 3 is 3.00 bits per heavy atom. The summed E-state index contributed by atoms with van der Waals surface area (Å²) in [5.41, 5.74) is 0.906. The summed E-state index contributed by atoms with van der Waals surface area (Å²) < 4.78 is 0. The van der Waals surface area contributed by atoms with Gasteiger partial charge in [0.05, 0.1) is 17.2 Å². The Bertz CT molecular complexity index is 362. The van der Waals surface area contributed by atoms with Crippen LogP contribution in [0.4, 0.5) is 0 Å². The predicted octanol–water partition coefficient (Wildman–Crippen LogP) is 3.03. The van der Waals surface area contributed by atoms with E-state index in [1.165, 1.54) is 37.1 Å². The lowest BCUT2D eigenvalue weighted by molar-refractivity contribution is 0.442. The van der Waals surface area contributed by atoms with Crippen molar-refractivity contribution in [1.29, 1.82) is 0 Å². The SMILES string of the molecule is O=C=NCc1csc(C2CCCCC2)n1. The maximum Gasteiger partial charge on any atom is 0.235 e. The molecule has 1 aromatic rings. The summed E-state index contributed by atoms with van der Waals surface area (Å²) in [6, 6.07) is 0. The van der Waals surface area contributed by atoms with Crippen molar-refractivity contribution >= 4 is 17.4 Å². The van der Waals surface area contributed by atoms with Crippen LogP contribution in [-0.2, 0) is 11.3 Å². The molecule has 80 valence electrons. The van der Waals surface area contributed by atoms with Crippen molar-refractivity contribution in [2.24, 2.45) is 4.99 Å². The molecule has 1 aliphatic rings. The van der Waals surface area contributed by atoms with Gasteiger partial charge in [0.25, 0.3) is 0 Å². The smallest absolute Gasteiger partial charge is 0.235 e. The average Bonchev–Trinajstić information content (AvgIpc) is 2.76. The van der Waals surface area contributed by atoms with Crippen LogP contribution >= 0.6 is 11.3 Å². The van der Waals surface area contributed by atoms with Gasteiger partial charge in [0.2, 0.25) is 6.08 Å². The zero-order chi connectivity index (χ0) is 10.5. The van der Waals surface area contributed by atoms with Gasteiger partial charge < -0.3 is 0 Å². The second-order valence-electron chi connectivity index (χ2n) is 3.92. The molecule has 1 aromatic heterocycles. The van der Waals surface area contributed by atoms with E-state index in [0.717, 1.165) is 5.69 Å². The molecule has 2 rings (SSSR count). The van der Waals surface area contributed by atoms with Crippen LogP contribution in [0.15, 0.2) is 10.4 Å². The van der Waals surface area contributed by atoms with Gasteiger partial charge in [-0.2, -0.15) is 4.99 Å². The van der Waals surface area contributed by atoms with Gasteiger partial charge in [-0.25, -0.2) is 9.78 Å². The van der Waals surface area contributed by atoms with E-state index in [0.29, 0.717) is 12.5 Å². The Labute approximate surface area is 93.3 Å². The Kier molecular flexibility index (Phi) is 3.64. The highest BCUT2D eigenvalue weighted by Gasteiger charge is 2.18. The van der Waals surface area contributed by atoms with Crippen molar-refractivity contribution in [3.63, 3.8) is 0 Å². The standard InChI is InChI=1S/C11H14N2OS/c14-8-12-6-10-7-15-11(13-10)9-4-2-1-3-5-9/h7,9H,1-6H2. The monoisotopic (exact) mass is 222 g/mol. The summed E-state index contributed by atoms with van der Waals surface area (Å²) in [6.45, 7) is 0.382. The highest BCUT2D eigenvalue weighted by molar-refractivity contribution is 7.09. The van der Waals surface area contributed by atoms with Gasteiger partial charge in [-0.15, -0.1) is 11.3 Å². The van der Waals surface area contributed by atoms with E-state index in [2.05, 4.69) is 9.98 Å². The van der Waals surface area contributed by atoms with Crippen LogP contribution in [0.1, 0.15) is 48.7 Å². The Balaban J connectivity index is 2.01. The third kappa shape index (κ3) is 2.74. The molecule has 0 N–H and O–H groups in total. The molecule has 0 amide bonds. The fourth-order valence-corrected chi connectivity index (χ4v) is 3.03.